The Bertz CT molecular complexity index is 8350. The molecule has 0 saturated carbocycles. The molecule has 122 heavy (non-hydrogen) atoms. The number of para-hydroxylation sites is 3. The summed E-state index contributed by atoms with van der Waals surface area (Å²) >= 11 is 0. The van der Waals surface area contributed by atoms with Crippen molar-refractivity contribution in [2.45, 2.75) is 11.8 Å². The third kappa shape index (κ3) is 11.1. The summed E-state index contributed by atoms with van der Waals surface area (Å²) in [4.78, 5) is 0. The monoisotopic (exact) mass is 1550 g/mol. The van der Waals surface area contributed by atoms with Gasteiger partial charge in [0.25, 0.3) is 0 Å². The molecular formula is C118H76N4. The summed E-state index contributed by atoms with van der Waals surface area (Å²) in [6.45, 7) is 0. The van der Waals surface area contributed by atoms with Crippen LogP contribution in [0.2, 0.25) is 0 Å². The lowest BCUT2D eigenvalue weighted by atomic mass is 9.88. The van der Waals surface area contributed by atoms with Gasteiger partial charge < -0.3 is 18.3 Å². The topological polar surface area (TPSA) is 19.7 Å². The molecule has 0 N–H and O–H groups in total. The van der Waals surface area contributed by atoms with Crippen LogP contribution >= 0.6 is 0 Å². The second-order valence-electron chi connectivity index (χ2n) is 33.0. The summed E-state index contributed by atoms with van der Waals surface area (Å²) < 4.78 is 9.80. The fourth-order valence-electron chi connectivity index (χ4n) is 20.7. The molecular weight excluding hydrogens is 1470 g/mol. The zero-order chi connectivity index (χ0) is 80.0. The van der Waals surface area contributed by atoms with Crippen LogP contribution in [0.3, 0.4) is 0 Å². The minimum Gasteiger partial charge on any atom is -0.309 e. The van der Waals surface area contributed by atoms with E-state index in [-0.39, 0.29) is 11.8 Å². The van der Waals surface area contributed by atoms with Gasteiger partial charge >= 0.3 is 0 Å². The third-order valence-electron chi connectivity index (χ3n) is 26.3. The lowest BCUT2D eigenvalue weighted by Crippen LogP contribution is -2.00. The van der Waals surface area contributed by atoms with Crippen LogP contribution in [0.25, 0.3) is 198 Å². The maximum Gasteiger partial charge on any atom is 0.0548 e. The molecule has 0 amide bonds. The van der Waals surface area contributed by atoms with E-state index in [4.69, 9.17) is 0 Å². The van der Waals surface area contributed by atoms with Crippen molar-refractivity contribution in [2.24, 2.45) is 0 Å². The zero-order valence-electron chi connectivity index (χ0n) is 66.7. The summed E-state index contributed by atoms with van der Waals surface area (Å²) in [6.07, 6.45) is 0. The lowest BCUT2D eigenvalue weighted by molar-refractivity contribution is 1.01. The maximum absolute atomic E-state index is 2.49. The Morgan fingerprint density at radius 2 is 0.459 bits per heavy atom. The standard InChI is InChI=1S/2C59H38N2/c1-3-13-38(14-4-1)40-23-25-41(26-24-40)59-49-21-10-9-19-47(49)51-34-43(28-31-50(51)59)44-29-32-56-52(35-44)54-37-57-53(48-20-11-12-22-55(48)60(57)45-17-5-2-6-18-45)36-58(54)61(56)46-30-27-39-15-7-8-16-42(39)33-46;1-3-13-38(14-4-1)40-23-28-45(29-24-40)60-55-22-12-11-20-48(55)51-34-43(26-31-56(51)60)44-27-32-57-52(35-44)53-36-50-47-19-9-10-21-49(47)59(41-16-5-2-6-17-41)54(50)37-58(53)61(57)46-30-25-39-15-7-8-18-42(39)33-46/h2*1-37,59H. The Morgan fingerprint density at radius 3 is 1.00 bits per heavy atom. The number of rotatable bonds is 10. The molecule has 4 nitrogen and oxygen atoms in total. The highest BCUT2D eigenvalue weighted by atomic mass is 15.0. The Labute approximate surface area is 705 Å². The zero-order valence-corrected chi connectivity index (χ0v) is 66.7. The molecule has 0 aliphatic heterocycles. The molecule has 0 fully saturated rings. The van der Waals surface area contributed by atoms with Crippen LogP contribution < -0.4 is 0 Å². The van der Waals surface area contributed by atoms with E-state index >= 15 is 0 Å². The van der Waals surface area contributed by atoms with Crippen molar-refractivity contribution in [3.8, 4) is 89.5 Å². The Morgan fingerprint density at radius 1 is 0.139 bits per heavy atom. The Hall–Kier alpha value is -15.9. The van der Waals surface area contributed by atoms with E-state index in [1.807, 2.05) is 0 Å². The summed E-state index contributed by atoms with van der Waals surface area (Å²) in [5.41, 5.74) is 37.5. The number of hydrogen-bond acceptors (Lipinski definition) is 0. The fraction of sp³-hybridized carbons (Fsp3) is 0.0169. The van der Waals surface area contributed by atoms with Crippen LogP contribution in [0, 0.1) is 0 Å². The van der Waals surface area contributed by atoms with E-state index in [9.17, 15) is 0 Å². The van der Waals surface area contributed by atoms with Crippen molar-refractivity contribution in [1.29, 1.82) is 0 Å². The quantitative estimate of drug-likeness (QED) is 0.130. The first-order valence-corrected chi connectivity index (χ1v) is 42.4. The third-order valence-corrected chi connectivity index (χ3v) is 26.3. The molecule has 0 bridgehead atoms. The van der Waals surface area contributed by atoms with Crippen molar-refractivity contribution in [1.82, 2.24) is 18.3 Å². The molecule has 0 spiro atoms. The highest BCUT2D eigenvalue weighted by Gasteiger charge is 2.34. The average molecular weight is 1550 g/mol. The first-order chi connectivity index (χ1) is 60.5. The van der Waals surface area contributed by atoms with E-state index in [0.717, 1.165) is 17.1 Å². The van der Waals surface area contributed by atoms with Gasteiger partial charge in [0.2, 0.25) is 0 Å². The summed E-state index contributed by atoms with van der Waals surface area (Å²) in [7, 11) is 0. The van der Waals surface area contributed by atoms with Gasteiger partial charge in [0.1, 0.15) is 0 Å². The van der Waals surface area contributed by atoms with Gasteiger partial charge in [0.05, 0.1) is 44.1 Å². The van der Waals surface area contributed by atoms with Gasteiger partial charge in [0.15, 0.2) is 0 Å². The molecule has 24 aromatic rings. The average Bonchev–Trinajstić information content (AvgIpc) is 1.56. The van der Waals surface area contributed by atoms with Crippen molar-refractivity contribution in [3.05, 3.63) is 482 Å². The molecule has 20 aromatic carbocycles. The molecule has 568 valence electrons. The van der Waals surface area contributed by atoms with Gasteiger partial charge in [-0.1, -0.05) is 322 Å². The van der Waals surface area contributed by atoms with Gasteiger partial charge in [-0.25, -0.2) is 0 Å². The van der Waals surface area contributed by atoms with E-state index in [1.165, 1.54) is 215 Å². The molecule has 0 radical (unpaired) electrons. The van der Waals surface area contributed by atoms with Gasteiger partial charge in [-0.05, 0) is 249 Å². The van der Waals surface area contributed by atoms with Crippen molar-refractivity contribution in [3.63, 3.8) is 0 Å². The second-order valence-corrected chi connectivity index (χ2v) is 33.0. The molecule has 2 atom stereocenters. The van der Waals surface area contributed by atoms with E-state index in [0.29, 0.717) is 0 Å². The van der Waals surface area contributed by atoms with E-state index in [2.05, 4.69) is 467 Å². The highest BCUT2D eigenvalue weighted by molar-refractivity contribution is 6.20. The van der Waals surface area contributed by atoms with Crippen LogP contribution in [0.1, 0.15) is 45.2 Å². The first-order valence-electron chi connectivity index (χ1n) is 42.4. The lowest BCUT2D eigenvalue weighted by Gasteiger charge is -2.15. The van der Waals surface area contributed by atoms with Gasteiger partial charge in [-0.15, -0.1) is 0 Å². The number of benzene rings is 20. The van der Waals surface area contributed by atoms with Gasteiger partial charge in [0, 0.05) is 77.7 Å². The molecule has 4 heterocycles. The fourth-order valence-corrected chi connectivity index (χ4v) is 20.7. The van der Waals surface area contributed by atoms with Gasteiger partial charge in [-0.3, -0.25) is 0 Å². The minimum absolute atomic E-state index is 0.172. The number of aromatic nitrogens is 4. The van der Waals surface area contributed by atoms with Crippen LogP contribution in [-0.2, 0) is 0 Å². The van der Waals surface area contributed by atoms with Crippen molar-refractivity contribution in [2.75, 3.05) is 0 Å². The summed E-state index contributed by atoms with van der Waals surface area (Å²) in [5.74, 6) is 0.359. The summed E-state index contributed by atoms with van der Waals surface area (Å²) in [6, 6.07) is 166. The normalized spacial score (nSPS) is 13.4. The summed E-state index contributed by atoms with van der Waals surface area (Å²) in [5, 5.41) is 15.0. The van der Waals surface area contributed by atoms with Crippen LogP contribution in [-0.4, -0.2) is 18.3 Å². The van der Waals surface area contributed by atoms with Crippen LogP contribution in [0.15, 0.2) is 449 Å². The Kier molecular flexibility index (Phi) is 15.8. The molecule has 4 aromatic heterocycles. The number of hydrogen-bond donors (Lipinski definition) is 0. The minimum atomic E-state index is 0.172. The molecule has 26 rings (SSSR count). The Balaban J connectivity index is 0.000000134. The largest absolute Gasteiger partial charge is 0.309 e. The SMILES string of the molecule is c1ccc(-c2ccc(-n3c4ccccc4c4cc(-c5ccc6c(c5)c5cc7c(cc5n6-c5ccc6ccccc6c5)C(c5ccccc5)c5ccccc5-7)ccc43)cc2)cc1.c1ccc(-c2ccc(C3c4ccccc4-c4cc(-c5ccc6c(c5)c5cc7c(cc5n6-c5ccc6ccccc6c5)c5ccccc5n7-c5ccccc5)ccc43)cc2)cc1. The smallest absolute Gasteiger partial charge is 0.0548 e. The van der Waals surface area contributed by atoms with E-state index < -0.39 is 0 Å². The highest BCUT2D eigenvalue weighted by Crippen LogP contribution is 2.54. The predicted octanol–water partition coefficient (Wildman–Crippen LogP) is 31.1. The maximum atomic E-state index is 2.49. The van der Waals surface area contributed by atoms with Crippen LogP contribution in [0.5, 0.6) is 0 Å². The molecule has 0 saturated heterocycles. The number of nitrogens with zero attached hydrogens (tertiary/aromatic N) is 4. The number of fused-ring (bicyclic) bond motifs is 20. The van der Waals surface area contributed by atoms with E-state index in [1.54, 1.807) is 0 Å². The molecule has 2 unspecified atom stereocenters. The molecule has 2 aliphatic rings. The van der Waals surface area contributed by atoms with Crippen LogP contribution in [0.4, 0.5) is 0 Å². The first kappa shape index (κ1) is 69.3. The molecule has 4 heteroatoms. The van der Waals surface area contributed by atoms with Gasteiger partial charge in [-0.2, -0.15) is 0 Å². The predicted molar refractivity (Wildman–Crippen MR) is 513 cm³/mol. The van der Waals surface area contributed by atoms with Crippen molar-refractivity contribution < 1.29 is 0 Å². The van der Waals surface area contributed by atoms with Crippen molar-refractivity contribution >= 4 is 109 Å². The molecule has 2 aliphatic carbocycles. The second kappa shape index (κ2) is 27.9.